The van der Waals surface area contributed by atoms with Crippen molar-refractivity contribution in [1.29, 1.82) is 0 Å². The highest BCUT2D eigenvalue weighted by molar-refractivity contribution is 4.75. The molecule has 0 saturated heterocycles. The predicted octanol–water partition coefficient (Wildman–Crippen LogP) is 3.61. The Morgan fingerprint density at radius 2 is 2.00 bits per heavy atom. The van der Waals surface area contributed by atoms with Crippen molar-refractivity contribution in [3.05, 3.63) is 0 Å². The molecule has 2 nitrogen and oxygen atoms in total. The lowest BCUT2D eigenvalue weighted by atomic mass is 9.85. The molecular formula is C15H31NO. The molecule has 0 aliphatic heterocycles. The van der Waals surface area contributed by atoms with Crippen LogP contribution in [-0.2, 0) is 4.74 Å². The molecule has 0 amide bonds. The molecule has 0 spiro atoms. The van der Waals surface area contributed by atoms with Crippen molar-refractivity contribution in [3.63, 3.8) is 0 Å². The van der Waals surface area contributed by atoms with Gasteiger partial charge in [0.05, 0.1) is 12.7 Å². The predicted molar refractivity (Wildman–Crippen MR) is 74.3 cm³/mol. The van der Waals surface area contributed by atoms with Crippen LogP contribution in [0.4, 0.5) is 0 Å². The Labute approximate surface area is 108 Å². The van der Waals surface area contributed by atoms with Gasteiger partial charge in [0.25, 0.3) is 0 Å². The Balaban J connectivity index is 2.27. The summed E-state index contributed by atoms with van der Waals surface area (Å²) in [5.74, 6) is 1.56. The highest BCUT2D eigenvalue weighted by atomic mass is 16.5. The van der Waals surface area contributed by atoms with E-state index in [1.807, 2.05) is 0 Å². The van der Waals surface area contributed by atoms with Gasteiger partial charge < -0.3 is 10.1 Å². The zero-order valence-electron chi connectivity index (χ0n) is 12.2. The van der Waals surface area contributed by atoms with Crippen molar-refractivity contribution in [3.8, 4) is 0 Å². The lowest BCUT2D eigenvalue weighted by Crippen LogP contribution is -2.39. The van der Waals surface area contributed by atoms with Crippen molar-refractivity contribution >= 4 is 0 Å². The highest BCUT2D eigenvalue weighted by Gasteiger charge is 2.22. The second-order valence-corrected chi connectivity index (χ2v) is 5.80. The first kappa shape index (κ1) is 15.0. The summed E-state index contributed by atoms with van der Waals surface area (Å²) in [6.07, 6.45) is 7.17. The van der Waals surface area contributed by atoms with Crippen molar-refractivity contribution in [2.24, 2.45) is 11.8 Å². The first-order valence-electron chi connectivity index (χ1n) is 7.52. The Morgan fingerprint density at radius 1 is 1.24 bits per heavy atom. The number of hydrogen-bond donors (Lipinski definition) is 1. The highest BCUT2D eigenvalue weighted by Crippen LogP contribution is 2.28. The van der Waals surface area contributed by atoms with Gasteiger partial charge >= 0.3 is 0 Å². The normalized spacial score (nSPS) is 27.4. The number of rotatable bonds is 7. The monoisotopic (exact) mass is 241 g/mol. The fourth-order valence-corrected chi connectivity index (χ4v) is 2.75. The maximum Gasteiger partial charge on any atom is 0.0625 e. The molecule has 102 valence electrons. The Bertz CT molecular complexity index is 193. The molecule has 0 aromatic carbocycles. The summed E-state index contributed by atoms with van der Waals surface area (Å²) >= 11 is 0. The van der Waals surface area contributed by atoms with Gasteiger partial charge in [0.15, 0.2) is 0 Å². The summed E-state index contributed by atoms with van der Waals surface area (Å²) in [7, 11) is 0. The molecule has 3 atom stereocenters. The fourth-order valence-electron chi connectivity index (χ4n) is 2.75. The molecule has 1 aliphatic rings. The molecule has 1 rings (SSSR count). The van der Waals surface area contributed by atoms with Crippen LogP contribution in [0.15, 0.2) is 0 Å². The third kappa shape index (κ3) is 5.39. The topological polar surface area (TPSA) is 21.3 Å². The maximum atomic E-state index is 6.13. The van der Waals surface area contributed by atoms with Crippen molar-refractivity contribution < 1.29 is 4.74 Å². The molecule has 2 heteroatoms. The van der Waals surface area contributed by atoms with Crippen LogP contribution < -0.4 is 5.32 Å². The van der Waals surface area contributed by atoms with Gasteiger partial charge in [-0.3, -0.25) is 0 Å². The Kier molecular flexibility index (Phi) is 7.14. The molecule has 1 aliphatic carbocycles. The van der Waals surface area contributed by atoms with E-state index in [0.717, 1.165) is 19.1 Å². The van der Waals surface area contributed by atoms with Crippen LogP contribution in [0.5, 0.6) is 0 Å². The minimum absolute atomic E-state index is 0.516. The minimum atomic E-state index is 0.516. The SMILES string of the molecule is CCNC(COC1CCCC(CC)C1)C(C)C. The molecule has 0 aromatic rings. The molecule has 0 radical (unpaired) electrons. The van der Waals surface area contributed by atoms with E-state index in [-0.39, 0.29) is 0 Å². The van der Waals surface area contributed by atoms with Gasteiger partial charge in [-0.25, -0.2) is 0 Å². The third-order valence-corrected chi connectivity index (χ3v) is 4.09. The van der Waals surface area contributed by atoms with Gasteiger partial charge in [-0.1, -0.05) is 47.0 Å². The third-order valence-electron chi connectivity index (χ3n) is 4.09. The van der Waals surface area contributed by atoms with Crippen LogP contribution in [-0.4, -0.2) is 25.3 Å². The first-order valence-corrected chi connectivity index (χ1v) is 7.52. The van der Waals surface area contributed by atoms with E-state index in [0.29, 0.717) is 18.1 Å². The molecule has 1 saturated carbocycles. The van der Waals surface area contributed by atoms with E-state index in [1.54, 1.807) is 0 Å². The summed E-state index contributed by atoms with van der Waals surface area (Å²) in [5.41, 5.74) is 0. The average Bonchev–Trinajstić information content (AvgIpc) is 2.34. The van der Waals surface area contributed by atoms with E-state index in [1.165, 1.54) is 32.1 Å². The van der Waals surface area contributed by atoms with Crippen LogP contribution in [0.25, 0.3) is 0 Å². The maximum absolute atomic E-state index is 6.13. The molecule has 0 bridgehead atoms. The summed E-state index contributed by atoms with van der Waals surface area (Å²) < 4.78 is 6.13. The second-order valence-electron chi connectivity index (χ2n) is 5.80. The minimum Gasteiger partial charge on any atom is -0.377 e. The number of likely N-dealkylation sites (N-methyl/N-ethyl adjacent to an activating group) is 1. The van der Waals surface area contributed by atoms with Crippen LogP contribution in [0.1, 0.15) is 59.8 Å². The fraction of sp³-hybridized carbons (Fsp3) is 1.00. The molecule has 0 heterocycles. The van der Waals surface area contributed by atoms with E-state index >= 15 is 0 Å². The van der Waals surface area contributed by atoms with Gasteiger partial charge in [-0.05, 0) is 31.2 Å². The molecule has 3 unspecified atom stereocenters. The largest absolute Gasteiger partial charge is 0.377 e. The molecule has 17 heavy (non-hydrogen) atoms. The number of nitrogens with one attached hydrogen (secondary N) is 1. The number of hydrogen-bond acceptors (Lipinski definition) is 2. The number of ether oxygens (including phenoxy) is 1. The van der Waals surface area contributed by atoms with Crippen LogP contribution >= 0.6 is 0 Å². The quantitative estimate of drug-likeness (QED) is 0.735. The molecule has 1 fully saturated rings. The summed E-state index contributed by atoms with van der Waals surface area (Å²) in [5, 5.41) is 3.52. The van der Waals surface area contributed by atoms with E-state index in [9.17, 15) is 0 Å². The molecule has 1 N–H and O–H groups in total. The molecular weight excluding hydrogens is 210 g/mol. The summed E-state index contributed by atoms with van der Waals surface area (Å²) in [6.45, 7) is 10.9. The van der Waals surface area contributed by atoms with Crippen molar-refractivity contribution in [2.75, 3.05) is 13.2 Å². The lowest BCUT2D eigenvalue weighted by molar-refractivity contribution is -0.00387. The van der Waals surface area contributed by atoms with Crippen molar-refractivity contribution in [2.45, 2.75) is 71.9 Å². The van der Waals surface area contributed by atoms with Crippen LogP contribution in [0.2, 0.25) is 0 Å². The van der Waals surface area contributed by atoms with Gasteiger partial charge in [-0.2, -0.15) is 0 Å². The van der Waals surface area contributed by atoms with Crippen molar-refractivity contribution in [1.82, 2.24) is 5.32 Å². The van der Waals surface area contributed by atoms with E-state index < -0.39 is 0 Å². The summed E-state index contributed by atoms with van der Waals surface area (Å²) in [6, 6.07) is 0.516. The van der Waals surface area contributed by atoms with Crippen LogP contribution in [0, 0.1) is 11.8 Å². The van der Waals surface area contributed by atoms with Gasteiger partial charge in [0, 0.05) is 6.04 Å². The average molecular weight is 241 g/mol. The smallest absolute Gasteiger partial charge is 0.0625 e. The van der Waals surface area contributed by atoms with Gasteiger partial charge in [0.2, 0.25) is 0 Å². The Hall–Kier alpha value is -0.0800. The zero-order valence-corrected chi connectivity index (χ0v) is 12.2. The first-order chi connectivity index (χ1) is 8.17. The second kappa shape index (κ2) is 8.10. The summed E-state index contributed by atoms with van der Waals surface area (Å²) in [4.78, 5) is 0. The van der Waals surface area contributed by atoms with E-state index in [2.05, 4.69) is 33.0 Å². The van der Waals surface area contributed by atoms with E-state index in [4.69, 9.17) is 4.74 Å². The zero-order chi connectivity index (χ0) is 12.7. The van der Waals surface area contributed by atoms with Gasteiger partial charge in [-0.15, -0.1) is 0 Å². The van der Waals surface area contributed by atoms with Crippen LogP contribution in [0.3, 0.4) is 0 Å². The Morgan fingerprint density at radius 3 is 2.59 bits per heavy atom. The standard InChI is InChI=1S/C15H31NO/c1-5-13-8-7-9-14(10-13)17-11-15(12(3)4)16-6-2/h12-16H,5-11H2,1-4H3. The lowest BCUT2D eigenvalue weighted by Gasteiger charge is -2.31. The molecule has 0 aromatic heterocycles. The van der Waals surface area contributed by atoms with Gasteiger partial charge in [0.1, 0.15) is 0 Å².